The van der Waals surface area contributed by atoms with Crippen LogP contribution in [-0.4, -0.2) is 0 Å². The zero-order valence-corrected chi connectivity index (χ0v) is 9.57. The maximum absolute atomic E-state index is 12.3. The summed E-state index contributed by atoms with van der Waals surface area (Å²) in [4.78, 5) is 0. The molecule has 3 heteroatoms. The molecular weight excluding hydrogens is 201 g/mol. The number of halogens is 3. The minimum atomic E-state index is -4.23. The molecule has 0 aliphatic heterocycles. The van der Waals surface area contributed by atoms with Gasteiger partial charge in [0.2, 0.25) is 0 Å². The SMILES string of the molecule is CC.CCc1cc(C)cc(C(F)(F)F)c1. The molecule has 0 amide bonds. The van der Waals surface area contributed by atoms with Crippen molar-refractivity contribution < 1.29 is 13.2 Å². The second-order valence-corrected chi connectivity index (χ2v) is 3.06. The molecular formula is C12H17F3. The van der Waals surface area contributed by atoms with Crippen molar-refractivity contribution in [2.75, 3.05) is 0 Å². The Hall–Kier alpha value is -0.990. The lowest BCUT2D eigenvalue weighted by Gasteiger charge is -2.09. The van der Waals surface area contributed by atoms with E-state index in [-0.39, 0.29) is 0 Å². The smallest absolute Gasteiger partial charge is 0.166 e. The first-order chi connectivity index (χ1) is 6.93. The maximum Gasteiger partial charge on any atom is 0.416 e. The van der Waals surface area contributed by atoms with Crippen molar-refractivity contribution in [3.8, 4) is 0 Å². The zero-order valence-electron chi connectivity index (χ0n) is 9.57. The monoisotopic (exact) mass is 218 g/mol. The van der Waals surface area contributed by atoms with Gasteiger partial charge in [-0.05, 0) is 31.0 Å². The fourth-order valence-electron chi connectivity index (χ4n) is 1.23. The molecule has 0 radical (unpaired) electrons. The molecule has 0 N–H and O–H groups in total. The third-order valence-electron chi connectivity index (χ3n) is 1.87. The molecule has 1 rings (SSSR count). The maximum atomic E-state index is 12.3. The largest absolute Gasteiger partial charge is 0.416 e. The van der Waals surface area contributed by atoms with E-state index in [4.69, 9.17) is 0 Å². The normalized spacial score (nSPS) is 10.6. The van der Waals surface area contributed by atoms with Crippen LogP contribution >= 0.6 is 0 Å². The standard InChI is InChI=1S/C10H11F3.C2H6/c1-3-8-4-7(2)5-9(6-8)10(11,12)13;1-2/h4-6H,3H2,1-2H3;1-2H3. The van der Waals surface area contributed by atoms with Crippen LogP contribution in [0.5, 0.6) is 0 Å². The van der Waals surface area contributed by atoms with Crippen LogP contribution in [0.2, 0.25) is 0 Å². The molecule has 0 saturated heterocycles. The minimum absolute atomic E-state index is 0.552. The molecule has 0 fully saturated rings. The Bertz CT molecular complexity index is 300. The lowest BCUT2D eigenvalue weighted by molar-refractivity contribution is -0.137. The molecule has 0 bridgehead atoms. The Kier molecular flexibility index (Phi) is 5.40. The first-order valence-corrected chi connectivity index (χ1v) is 5.11. The quantitative estimate of drug-likeness (QED) is 0.646. The van der Waals surface area contributed by atoms with Crippen LogP contribution in [0.3, 0.4) is 0 Å². The van der Waals surface area contributed by atoms with Crippen LogP contribution in [0.25, 0.3) is 0 Å². The lowest BCUT2D eigenvalue weighted by Crippen LogP contribution is -2.05. The Morgan fingerprint density at radius 1 is 1.07 bits per heavy atom. The van der Waals surface area contributed by atoms with Crippen molar-refractivity contribution in [2.45, 2.75) is 40.3 Å². The molecule has 0 heterocycles. The average molecular weight is 218 g/mol. The van der Waals surface area contributed by atoms with Gasteiger partial charge in [-0.25, -0.2) is 0 Å². The van der Waals surface area contributed by atoms with Gasteiger partial charge in [-0.15, -0.1) is 0 Å². The highest BCUT2D eigenvalue weighted by Crippen LogP contribution is 2.30. The second-order valence-electron chi connectivity index (χ2n) is 3.06. The Labute approximate surface area is 89.1 Å². The fraction of sp³-hybridized carbons (Fsp3) is 0.500. The van der Waals surface area contributed by atoms with Crippen LogP contribution in [0.15, 0.2) is 18.2 Å². The Morgan fingerprint density at radius 2 is 1.60 bits per heavy atom. The molecule has 0 aliphatic carbocycles. The molecule has 0 atom stereocenters. The number of hydrogen-bond acceptors (Lipinski definition) is 0. The highest BCUT2D eigenvalue weighted by molar-refractivity contribution is 5.31. The van der Waals surface area contributed by atoms with E-state index < -0.39 is 11.7 Å². The molecule has 1 aromatic rings. The molecule has 0 aromatic heterocycles. The van der Waals surface area contributed by atoms with Crippen molar-refractivity contribution in [3.63, 3.8) is 0 Å². The number of alkyl halides is 3. The third-order valence-corrected chi connectivity index (χ3v) is 1.87. The lowest BCUT2D eigenvalue weighted by atomic mass is 10.0. The minimum Gasteiger partial charge on any atom is -0.166 e. The summed E-state index contributed by atoms with van der Waals surface area (Å²) in [6.45, 7) is 7.52. The second kappa shape index (κ2) is 5.79. The zero-order chi connectivity index (χ0) is 12.1. The summed E-state index contributed by atoms with van der Waals surface area (Å²) < 4.78 is 36.9. The summed E-state index contributed by atoms with van der Waals surface area (Å²) in [7, 11) is 0. The molecule has 0 unspecified atom stereocenters. The van der Waals surface area contributed by atoms with Gasteiger partial charge in [-0.1, -0.05) is 32.4 Å². The van der Waals surface area contributed by atoms with E-state index in [2.05, 4.69) is 0 Å². The van der Waals surface area contributed by atoms with E-state index in [1.165, 1.54) is 12.1 Å². The summed E-state index contributed by atoms with van der Waals surface area (Å²) >= 11 is 0. The highest BCUT2D eigenvalue weighted by Gasteiger charge is 2.30. The summed E-state index contributed by atoms with van der Waals surface area (Å²) in [6, 6.07) is 4.14. The first-order valence-electron chi connectivity index (χ1n) is 5.11. The van der Waals surface area contributed by atoms with Gasteiger partial charge in [0.25, 0.3) is 0 Å². The van der Waals surface area contributed by atoms with Gasteiger partial charge < -0.3 is 0 Å². The summed E-state index contributed by atoms with van der Waals surface area (Å²) in [5.41, 5.74) is 0.836. The van der Waals surface area contributed by atoms with Crippen molar-refractivity contribution in [3.05, 3.63) is 34.9 Å². The van der Waals surface area contributed by atoms with Crippen LogP contribution < -0.4 is 0 Å². The van der Waals surface area contributed by atoms with E-state index in [1.54, 1.807) is 13.0 Å². The molecule has 86 valence electrons. The predicted molar refractivity (Wildman–Crippen MR) is 56.9 cm³/mol. The van der Waals surface area contributed by atoms with Crippen LogP contribution in [0, 0.1) is 6.92 Å². The number of hydrogen-bond donors (Lipinski definition) is 0. The van der Waals surface area contributed by atoms with Gasteiger partial charge in [-0.2, -0.15) is 13.2 Å². The van der Waals surface area contributed by atoms with E-state index in [0.29, 0.717) is 12.0 Å². The van der Waals surface area contributed by atoms with Crippen molar-refractivity contribution in [1.82, 2.24) is 0 Å². The van der Waals surface area contributed by atoms with Gasteiger partial charge in [0, 0.05) is 0 Å². The van der Waals surface area contributed by atoms with Crippen LogP contribution in [-0.2, 0) is 12.6 Å². The summed E-state index contributed by atoms with van der Waals surface area (Å²) in [6.07, 6.45) is -3.60. The van der Waals surface area contributed by atoms with E-state index >= 15 is 0 Å². The highest BCUT2D eigenvalue weighted by atomic mass is 19.4. The number of rotatable bonds is 1. The number of aryl methyl sites for hydroxylation is 2. The Morgan fingerprint density at radius 3 is 2.00 bits per heavy atom. The van der Waals surface area contributed by atoms with Gasteiger partial charge >= 0.3 is 6.18 Å². The topological polar surface area (TPSA) is 0 Å². The fourth-order valence-corrected chi connectivity index (χ4v) is 1.23. The van der Waals surface area contributed by atoms with Gasteiger partial charge in [0.1, 0.15) is 0 Å². The molecule has 0 saturated carbocycles. The molecule has 0 spiro atoms. The van der Waals surface area contributed by atoms with E-state index in [1.807, 2.05) is 20.8 Å². The van der Waals surface area contributed by atoms with E-state index in [0.717, 1.165) is 5.56 Å². The van der Waals surface area contributed by atoms with Crippen molar-refractivity contribution >= 4 is 0 Å². The van der Waals surface area contributed by atoms with Crippen LogP contribution in [0.1, 0.15) is 37.5 Å². The van der Waals surface area contributed by atoms with Crippen LogP contribution in [0.4, 0.5) is 13.2 Å². The first kappa shape index (κ1) is 14.0. The summed E-state index contributed by atoms with van der Waals surface area (Å²) in [5, 5.41) is 0. The molecule has 0 nitrogen and oxygen atoms in total. The van der Waals surface area contributed by atoms with E-state index in [9.17, 15) is 13.2 Å². The average Bonchev–Trinajstić information content (AvgIpc) is 2.18. The number of benzene rings is 1. The van der Waals surface area contributed by atoms with Gasteiger partial charge in [0.15, 0.2) is 0 Å². The van der Waals surface area contributed by atoms with Crippen molar-refractivity contribution in [1.29, 1.82) is 0 Å². The summed E-state index contributed by atoms with van der Waals surface area (Å²) in [5.74, 6) is 0. The molecule has 15 heavy (non-hydrogen) atoms. The van der Waals surface area contributed by atoms with Crippen molar-refractivity contribution in [2.24, 2.45) is 0 Å². The Balaban J connectivity index is 0.000000921. The molecule has 1 aromatic carbocycles. The molecule has 0 aliphatic rings. The van der Waals surface area contributed by atoms with Gasteiger partial charge in [-0.3, -0.25) is 0 Å². The van der Waals surface area contributed by atoms with Gasteiger partial charge in [0.05, 0.1) is 5.56 Å². The third kappa shape index (κ3) is 4.36. The predicted octanol–water partition coefficient (Wildman–Crippen LogP) is 4.60.